The predicted molar refractivity (Wildman–Crippen MR) is 64.3 cm³/mol. The topological polar surface area (TPSA) is 70.0 Å². The van der Waals surface area contributed by atoms with Crippen molar-refractivity contribution in [1.29, 1.82) is 5.26 Å². The van der Waals surface area contributed by atoms with Crippen LogP contribution in [0.1, 0.15) is 18.9 Å². The summed E-state index contributed by atoms with van der Waals surface area (Å²) in [5.41, 5.74) is -0.517. The van der Waals surface area contributed by atoms with E-state index in [2.05, 4.69) is 10.6 Å². The monoisotopic (exact) mass is 266 g/mol. The van der Waals surface area contributed by atoms with Crippen LogP contribution in [0.4, 0.5) is 4.39 Å². The summed E-state index contributed by atoms with van der Waals surface area (Å²) in [4.78, 5) is -0.404. The van der Waals surface area contributed by atoms with Gasteiger partial charge in [0.2, 0.25) is 10.0 Å². The Bertz CT molecular complexity index is 626. The zero-order valence-corrected chi connectivity index (χ0v) is 10.5. The van der Waals surface area contributed by atoms with Crippen LogP contribution in [0, 0.1) is 29.5 Å². The van der Waals surface area contributed by atoms with Crippen molar-refractivity contribution in [3.63, 3.8) is 0 Å². The number of nitriles is 1. The molecule has 1 aromatic rings. The standard InChI is InChI=1S/C12H11FN2O2S/c1-3-9(4-2)15-18(16,17)12-7-5-6-11(13)10(12)8-14/h1,5-7,9,15H,4H2,2H3. The molecular formula is C12H11FN2O2S. The number of halogens is 1. The van der Waals surface area contributed by atoms with Gasteiger partial charge in [0.1, 0.15) is 22.3 Å². The summed E-state index contributed by atoms with van der Waals surface area (Å²) in [6.45, 7) is 1.71. The lowest BCUT2D eigenvalue weighted by molar-refractivity contribution is 0.566. The van der Waals surface area contributed by atoms with Gasteiger partial charge < -0.3 is 0 Å². The first-order valence-corrected chi connectivity index (χ1v) is 6.61. The van der Waals surface area contributed by atoms with Gasteiger partial charge >= 0.3 is 0 Å². The summed E-state index contributed by atoms with van der Waals surface area (Å²) in [6.07, 6.45) is 5.55. The summed E-state index contributed by atoms with van der Waals surface area (Å²) in [5, 5.41) is 8.79. The van der Waals surface area contributed by atoms with Gasteiger partial charge in [0, 0.05) is 0 Å². The largest absolute Gasteiger partial charge is 0.243 e. The fourth-order valence-corrected chi connectivity index (χ4v) is 2.73. The second-order valence-electron chi connectivity index (χ2n) is 3.47. The minimum atomic E-state index is -4.00. The van der Waals surface area contributed by atoms with E-state index in [4.69, 9.17) is 11.7 Å². The van der Waals surface area contributed by atoms with Crippen molar-refractivity contribution in [1.82, 2.24) is 4.72 Å². The van der Waals surface area contributed by atoms with Gasteiger partial charge in [-0.25, -0.2) is 12.8 Å². The first-order chi connectivity index (χ1) is 8.46. The van der Waals surface area contributed by atoms with E-state index in [1.165, 1.54) is 12.1 Å². The average Bonchev–Trinajstić information content (AvgIpc) is 2.35. The number of nitrogens with one attached hydrogen (secondary N) is 1. The summed E-state index contributed by atoms with van der Waals surface area (Å²) < 4.78 is 39.5. The third-order valence-corrected chi connectivity index (χ3v) is 3.80. The highest BCUT2D eigenvalue weighted by Crippen LogP contribution is 2.18. The van der Waals surface area contributed by atoms with E-state index in [1.807, 2.05) is 0 Å². The lowest BCUT2D eigenvalue weighted by atomic mass is 10.2. The lowest BCUT2D eigenvalue weighted by Crippen LogP contribution is -2.33. The normalized spacial score (nSPS) is 12.4. The average molecular weight is 266 g/mol. The molecule has 4 nitrogen and oxygen atoms in total. The predicted octanol–water partition coefficient (Wildman–Crippen LogP) is 1.39. The fourth-order valence-electron chi connectivity index (χ4n) is 1.32. The molecule has 0 bridgehead atoms. The molecule has 18 heavy (non-hydrogen) atoms. The molecule has 0 aromatic heterocycles. The fraction of sp³-hybridized carbons (Fsp3) is 0.250. The Hall–Kier alpha value is -1.89. The molecule has 0 radical (unpaired) electrons. The molecule has 0 amide bonds. The zero-order chi connectivity index (χ0) is 13.8. The molecule has 1 atom stereocenters. The summed E-state index contributed by atoms with van der Waals surface area (Å²) in [5.74, 6) is 1.38. The van der Waals surface area contributed by atoms with Crippen molar-refractivity contribution in [2.24, 2.45) is 0 Å². The molecule has 94 valence electrons. The zero-order valence-electron chi connectivity index (χ0n) is 9.64. The van der Waals surface area contributed by atoms with E-state index in [0.29, 0.717) is 6.42 Å². The van der Waals surface area contributed by atoms with Gasteiger partial charge in [0.25, 0.3) is 0 Å². The Labute approximate surface area is 105 Å². The minimum Gasteiger partial charge on any atom is -0.207 e. The second-order valence-corrected chi connectivity index (χ2v) is 5.16. The maximum absolute atomic E-state index is 13.3. The van der Waals surface area contributed by atoms with Crippen molar-refractivity contribution < 1.29 is 12.8 Å². The number of terminal acetylenes is 1. The molecule has 1 aromatic carbocycles. The van der Waals surface area contributed by atoms with Crippen LogP contribution in [0.3, 0.4) is 0 Å². The van der Waals surface area contributed by atoms with Crippen molar-refractivity contribution >= 4 is 10.0 Å². The first-order valence-electron chi connectivity index (χ1n) is 5.13. The van der Waals surface area contributed by atoms with Crippen molar-refractivity contribution in [2.45, 2.75) is 24.3 Å². The molecule has 0 heterocycles. The summed E-state index contributed by atoms with van der Waals surface area (Å²) in [6, 6.07) is 4.25. The van der Waals surface area contributed by atoms with Crippen LogP contribution in [0.5, 0.6) is 0 Å². The molecule has 1 N–H and O–H groups in total. The molecule has 1 unspecified atom stereocenters. The van der Waals surface area contributed by atoms with Gasteiger partial charge in [-0.15, -0.1) is 6.42 Å². The number of hydrogen-bond donors (Lipinski definition) is 1. The molecule has 0 saturated carbocycles. The van der Waals surface area contributed by atoms with Crippen LogP contribution < -0.4 is 4.72 Å². The van der Waals surface area contributed by atoms with Crippen LogP contribution in [-0.4, -0.2) is 14.5 Å². The molecule has 0 aliphatic heterocycles. The number of nitrogens with zero attached hydrogens (tertiary/aromatic N) is 1. The Morgan fingerprint density at radius 1 is 1.56 bits per heavy atom. The van der Waals surface area contributed by atoms with Crippen LogP contribution >= 0.6 is 0 Å². The van der Waals surface area contributed by atoms with E-state index >= 15 is 0 Å². The molecule has 0 aliphatic carbocycles. The van der Waals surface area contributed by atoms with E-state index in [9.17, 15) is 12.8 Å². The molecule has 0 saturated heterocycles. The Morgan fingerprint density at radius 3 is 2.72 bits per heavy atom. The van der Waals surface area contributed by atoms with Crippen molar-refractivity contribution in [3.8, 4) is 18.4 Å². The van der Waals surface area contributed by atoms with Gasteiger partial charge in [0.05, 0.1) is 6.04 Å². The maximum atomic E-state index is 13.3. The van der Waals surface area contributed by atoms with E-state index < -0.39 is 32.3 Å². The van der Waals surface area contributed by atoms with Gasteiger partial charge in [-0.1, -0.05) is 18.9 Å². The first kappa shape index (κ1) is 14.2. The summed E-state index contributed by atoms with van der Waals surface area (Å²) >= 11 is 0. The third-order valence-electron chi connectivity index (χ3n) is 2.28. The smallest absolute Gasteiger partial charge is 0.207 e. The molecule has 0 aliphatic rings. The Kier molecular flexibility index (Phi) is 4.43. The van der Waals surface area contributed by atoms with Gasteiger partial charge in [-0.3, -0.25) is 0 Å². The molecule has 1 rings (SSSR count). The van der Waals surface area contributed by atoms with Gasteiger partial charge in [-0.2, -0.15) is 9.98 Å². The van der Waals surface area contributed by atoms with E-state index in [-0.39, 0.29) is 0 Å². The highest BCUT2D eigenvalue weighted by Gasteiger charge is 2.23. The Balaban J connectivity index is 3.27. The maximum Gasteiger partial charge on any atom is 0.243 e. The number of rotatable bonds is 4. The van der Waals surface area contributed by atoms with Crippen molar-refractivity contribution in [3.05, 3.63) is 29.6 Å². The van der Waals surface area contributed by atoms with Crippen LogP contribution in [0.25, 0.3) is 0 Å². The lowest BCUT2D eigenvalue weighted by Gasteiger charge is -2.12. The highest BCUT2D eigenvalue weighted by molar-refractivity contribution is 7.89. The van der Waals surface area contributed by atoms with Gasteiger partial charge in [0.15, 0.2) is 0 Å². The summed E-state index contributed by atoms with van der Waals surface area (Å²) in [7, 11) is -4.00. The minimum absolute atomic E-state index is 0.396. The van der Waals surface area contributed by atoms with Crippen LogP contribution in [0.2, 0.25) is 0 Å². The van der Waals surface area contributed by atoms with Crippen LogP contribution in [-0.2, 0) is 10.0 Å². The third kappa shape index (κ3) is 2.86. The van der Waals surface area contributed by atoms with Crippen molar-refractivity contribution in [2.75, 3.05) is 0 Å². The number of sulfonamides is 1. The molecule has 0 fully saturated rings. The number of benzene rings is 1. The number of hydrogen-bond acceptors (Lipinski definition) is 3. The molecular weight excluding hydrogens is 255 g/mol. The highest BCUT2D eigenvalue weighted by atomic mass is 32.2. The second kappa shape index (κ2) is 5.63. The van der Waals surface area contributed by atoms with Crippen LogP contribution in [0.15, 0.2) is 23.1 Å². The SMILES string of the molecule is C#CC(CC)NS(=O)(=O)c1cccc(F)c1C#N. The van der Waals surface area contributed by atoms with E-state index in [1.54, 1.807) is 6.92 Å². The molecule has 6 heteroatoms. The molecule has 0 spiro atoms. The Morgan fingerprint density at radius 2 is 2.22 bits per heavy atom. The van der Waals surface area contributed by atoms with E-state index in [0.717, 1.165) is 12.1 Å². The van der Waals surface area contributed by atoms with Gasteiger partial charge in [-0.05, 0) is 18.6 Å². The quantitative estimate of drug-likeness (QED) is 0.837.